The highest BCUT2D eigenvalue weighted by molar-refractivity contribution is 9.10. The fourth-order valence-corrected chi connectivity index (χ4v) is 3.25. The Kier molecular flexibility index (Phi) is 4.47. The molecule has 96 valence electrons. The fourth-order valence-electron chi connectivity index (χ4n) is 2.32. The molecule has 2 unspecified atom stereocenters. The molecule has 0 saturated heterocycles. The summed E-state index contributed by atoms with van der Waals surface area (Å²) in [6, 6.07) is 5.07. The number of rotatable bonds is 2. The van der Waals surface area contributed by atoms with Crippen molar-refractivity contribution in [2.75, 3.05) is 5.32 Å². The van der Waals surface area contributed by atoms with Crippen LogP contribution in [0.15, 0.2) is 16.6 Å². The predicted molar refractivity (Wildman–Crippen MR) is 74.1 cm³/mol. The molecule has 0 heterocycles. The molecule has 0 aliphatic heterocycles. The lowest BCUT2D eigenvalue weighted by Gasteiger charge is -2.29. The second kappa shape index (κ2) is 5.90. The van der Waals surface area contributed by atoms with Crippen LogP contribution in [-0.4, -0.2) is 6.04 Å². The van der Waals surface area contributed by atoms with Gasteiger partial charge in [0.25, 0.3) is 0 Å². The van der Waals surface area contributed by atoms with Crippen molar-refractivity contribution < 1.29 is 4.39 Å². The standard InChI is InChI=1S/C13H13BrClFN2/c14-10-5-9(16)6-11(15)13(10)18-12-4-2-1-3-8(12)7-17/h5-6,8,12,18H,1-4H2. The van der Waals surface area contributed by atoms with Crippen LogP contribution in [0.2, 0.25) is 5.02 Å². The van der Waals surface area contributed by atoms with E-state index in [4.69, 9.17) is 16.9 Å². The van der Waals surface area contributed by atoms with Gasteiger partial charge in [0.1, 0.15) is 5.82 Å². The monoisotopic (exact) mass is 330 g/mol. The van der Waals surface area contributed by atoms with E-state index >= 15 is 0 Å². The average Bonchev–Trinajstić information content (AvgIpc) is 2.34. The third-order valence-corrected chi connectivity index (χ3v) is 4.19. The minimum Gasteiger partial charge on any atom is -0.379 e. The molecule has 2 rings (SSSR count). The van der Waals surface area contributed by atoms with Gasteiger partial charge in [-0.25, -0.2) is 4.39 Å². The van der Waals surface area contributed by atoms with Gasteiger partial charge in [-0.3, -0.25) is 0 Å². The molecule has 0 aromatic heterocycles. The number of nitrogens with one attached hydrogen (secondary N) is 1. The Morgan fingerprint density at radius 2 is 2.11 bits per heavy atom. The summed E-state index contributed by atoms with van der Waals surface area (Å²) in [4.78, 5) is 0. The molecule has 0 spiro atoms. The molecule has 0 radical (unpaired) electrons. The number of nitriles is 1. The molecule has 2 atom stereocenters. The minimum absolute atomic E-state index is 0.00762. The number of anilines is 1. The molecule has 2 nitrogen and oxygen atoms in total. The molecule has 1 aliphatic rings. The highest BCUT2D eigenvalue weighted by Gasteiger charge is 2.26. The van der Waals surface area contributed by atoms with E-state index in [1.165, 1.54) is 12.1 Å². The van der Waals surface area contributed by atoms with Gasteiger partial charge in [0.2, 0.25) is 0 Å². The summed E-state index contributed by atoms with van der Waals surface area (Å²) in [5.74, 6) is -0.385. The van der Waals surface area contributed by atoms with Gasteiger partial charge in [-0.05, 0) is 40.9 Å². The lowest BCUT2D eigenvalue weighted by Crippen LogP contribution is -2.31. The van der Waals surface area contributed by atoms with Crippen molar-refractivity contribution in [2.24, 2.45) is 5.92 Å². The first-order valence-corrected chi connectivity index (χ1v) is 7.09. The van der Waals surface area contributed by atoms with Crippen molar-refractivity contribution in [1.29, 1.82) is 5.26 Å². The third kappa shape index (κ3) is 2.96. The molecule has 1 aromatic rings. The Hall–Kier alpha value is -0.790. The maximum Gasteiger partial charge on any atom is 0.125 e. The van der Waals surface area contributed by atoms with E-state index in [0.717, 1.165) is 25.7 Å². The van der Waals surface area contributed by atoms with Crippen LogP contribution in [0.25, 0.3) is 0 Å². The first-order chi connectivity index (χ1) is 8.61. The summed E-state index contributed by atoms with van der Waals surface area (Å²) in [5.41, 5.74) is 0.671. The van der Waals surface area contributed by atoms with Crippen molar-refractivity contribution in [3.05, 3.63) is 27.4 Å². The number of hydrogen-bond acceptors (Lipinski definition) is 2. The summed E-state index contributed by atoms with van der Waals surface area (Å²) in [6.45, 7) is 0. The van der Waals surface area contributed by atoms with Crippen LogP contribution < -0.4 is 5.32 Å². The molecule has 0 bridgehead atoms. The van der Waals surface area contributed by atoms with Gasteiger partial charge in [-0.2, -0.15) is 5.26 Å². The van der Waals surface area contributed by atoms with Crippen LogP contribution in [0.4, 0.5) is 10.1 Å². The van der Waals surface area contributed by atoms with Crippen LogP contribution in [0.3, 0.4) is 0 Å². The largest absolute Gasteiger partial charge is 0.379 e. The van der Waals surface area contributed by atoms with Gasteiger partial charge in [0.05, 0.1) is 22.7 Å². The fraction of sp³-hybridized carbons (Fsp3) is 0.462. The Labute approximate surface area is 119 Å². The van der Waals surface area contributed by atoms with E-state index in [2.05, 4.69) is 27.3 Å². The second-order valence-electron chi connectivity index (χ2n) is 4.52. The number of benzene rings is 1. The Bertz CT molecular complexity index is 463. The van der Waals surface area contributed by atoms with Crippen molar-refractivity contribution in [3.63, 3.8) is 0 Å². The van der Waals surface area contributed by atoms with Crippen LogP contribution in [0, 0.1) is 23.1 Å². The Morgan fingerprint density at radius 3 is 2.78 bits per heavy atom. The molecule has 1 saturated carbocycles. The van der Waals surface area contributed by atoms with E-state index in [-0.39, 0.29) is 17.8 Å². The highest BCUT2D eigenvalue weighted by Crippen LogP contribution is 2.35. The Morgan fingerprint density at radius 1 is 1.39 bits per heavy atom. The molecule has 18 heavy (non-hydrogen) atoms. The van der Waals surface area contributed by atoms with Gasteiger partial charge < -0.3 is 5.32 Å². The van der Waals surface area contributed by atoms with E-state index in [9.17, 15) is 4.39 Å². The number of hydrogen-bond donors (Lipinski definition) is 1. The minimum atomic E-state index is -0.377. The topological polar surface area (TPSA) is 35.8 Å². The zero-order valence-corrected chi connectivity index (χ0v) is 12.1. The predicted octanol–water partition coefficient (Wildman–Crippen LogP) is 4.74. The van der Waals surface area contributed by atoms with Gasteiger partial charge in [-0.1, -0.05) is 24.4 Å². The first kappa shape index (κ1) is 13.6. The van der Waals surface area contributed by atoms with E-state index in [1.54, 1.807) is 0 Å². The van der Waals surface area contributed by atoms with Crippen molar-refractivity contribution in [3.8, 4) is 6.07 Å². The molecule has 1 aromatic carbocycles. The zero-order valence-electron chi connectivity index (χ0n) is 9.72. The van der Waals surface area contributed by atoms with Gasteiger partial charge in [0, 0.05) is 10.5 Å². The normalized spacial score (nSPS) is 23.4. The lowest BCUT2D eigenvalue weighted by atomic mass is 9.85. The third-order valence-electron chi connectivity index (χ3n) is 3.27. The Balaban J connectivity index is 2.21. The van der Waals surface area contributed by atoms with E-state index < -0.39 is 0 Å². The molecule has 5 heteroatoms. The maximum atomic E-state index is 13.1. The molecular formula is C13H13BrClFN2. The van der Waals surface area contributed by atoms with Crippen LogP contribution >= 0.6 is 27.5 Å². The summed E-state index contributed by atoms with van der Waals surface area (Å²) < 4.78 is 13.7. The van der Waals surface area contributed by atoms with Gasteiger partial charge in [0.15, 0.2) is 0 Å². The van der Waals surface area contributed by atoms with Gasteiger partial charge >= 0.3 is 0 Å². The summed E-state index contributed by atoms with van der Waals surface area (Å²) in [7, 11) is 0. The second-order valence-corrected chi connectivity index (χ2v) is 5.78. The summed E-state index contributed by atoms with van der Waals surface area (Å²) in [6.07, 6.45) is 4.05. The molecule has 1 aliphatic carbocycles. The summed E-state index contributed by atoms with van der Waals surface area (Å²) in [5, 5.41) is 12.7. The summed E-state index contributed by atoms with van der Waals surface area (Å²) >= 11 is 9.33. The van der Waals surface area contributed by atoms with Gasteiger partial charge in [-0.15, -0.1) is 0 Å². The van der Waals surface area contributed by atoms with Crippen molar-refractivity contribution >= 4 is 33.2 Å². The highest BCUT2D eigenvalue weighted by atomic mass is 79.9. The quantitative estimate of drug-likeness (QED) is 0.850. The molecular weight excluding hydrogens is 319 g/mol. The molecule has 1 N–H and O–H groups in total. The first-order valence-electron chi connectivity index (χ1n) is 5.92. The van der Waals surface area contributed by atoms with E-state index in [0.29, 0.717) is 15.2 Å². The van der Waals surface area contributed by atoms with Crippen molar-refractivity contribution in [1.82, 2.24) is 0 Å². The molecule has 1 fully saturated rings. The smallest absolute Gasteiger partial charge is 0.125 e. The average molecular weight is 332 g/mol. The van der Waals surface area contributed by atoms with E-state index in [1.807, 2.05) is 0 Å². The SMILES string of the molecule is N#CC1CCCCC1Nc1c(Cl)cc(F)cc1Br. The number of nitrogens with zero attached hydrogens (tertiary/aromatic N) is 1. The van der Waals surface area contributed by atoms with Crippen molar-refractivity contribution in [2.45, 2.75) is 31.7 Å². The van der Waals surface area contributed by atoms with Crippen LogP contribution in [-0.2, 0) is 0 Å². The lowest BCUT2D eigenvalue weighted by molar-refractivity contribution is 0.388. The maximum absolute atomic E-state index is 13.1. The van der Waals surface area contributed by atoms with Crippen LogP contribution in [0.1, 0.15) is 25.7 Å². The zero-order chi connectivity index (χ0) is 13.1. The van der Waals surface area contributed by atoms with Crippen LogP contribution in [0.5, 0.6) is 0 Å². The molecule has 0 amide bonds. The number of halogens is 3.